The lowest BCUT2D eigenvalue weighted by molar-refractivity contribution is 0.0955. The summed E-state index contributed by atoms with van der Waals surface area (Å²) in [5, 5.41) is 3.95. The predicted molar refractivity (Wildman–Crippen MR) is 88.3 cm³/mol. The third-order valence-electron chi connectivity index (χ3n) is 3.06. The summed E-state index contributed by atoms with van der Waals surface area (Å²) in [6.07, 6.45) is 3.73. The summed E-state index contributed by atoms with van der Waals surface area (Å²) in [7, 11) is 0. The van der Waals surface area contributed by atoms with Crippen molar-refractivity contribution < 1.29 is 9.53 Å². The van der Waals surface area contributed by atoms with E-state index >= 15 is 0 Å². The van der Waals surface area contributed by atoms with Crippen molar-refractivity contribution in [3.63, 3.8) is 0 Å². The first-order valence-corrected chi connectivity index (χ1v) is 7.41. The van der Waals surface area contributed by atoms with Crippen LogP contribution in [0.5, 0.6) is 5.75 Å². The number of hydrogen-bond acceptors (Lipinski definition) is 3. The van der Waals surface area contributed by atoms with Gasteiger partial charge in [-0.15, -0.1) is 0 Å². The van der Waals surface area contributed by atoms with Gasteiger partial charge in [-0.1, -0.05) is 43.7 Å². The number of hydrazone groups is 1. The summed E-state index contributed by atoms with van der Waals surface area (Å²) in [5.74, 6) is 0.532. The molecule has 2 aromatic rings. The molecule has 0 aliphatic rings. The summed E-state index contributed by atoms with van der Waals surface area (Å²) < 4.78 is 5.56. The van der Waals surface area contributed by atoms with E-state index in [0.717, 1.165) is 24.2 Å². The zero-order chi connectivity index (χ0) is 15.6. The van der Waals surface area contributed by atoms with Gasteiger partial charge in [-0.25, -0.2) is 5.43 Å². The molecule has 2 rings (SSSR count). The molecule has 0 fully saturated rings. The first-order chi connectivity index (χ1) is 10.8. The van der Waals surface area contributed by atoms with Crippen molar-refractivity contribution in [1.82, 2.24) is 5.43 Å². The van der Waals surface area contributed by atoms with Gasteiger partial charge in [0, 0.05) is 5.56 Å². The van der Waals surface area contributed by atoms with Gasteiger partial charge in [0.2, 0.25) is 0 Å². The van der Waals surface area contributed by atoms with Crippen LogP contribution in [-0.2, 0) is 0 Å². The Kier molecular flexibility index (Phi) is 6.18. The molecule has 0 atom stereocenters. The highest BCUT2D eigenvalue weighted by molar-refractivity contribution is 5.94. The molecule has 0 unspecified atom stereocenters. The van der Waals surface area contributed by atoms with Crippen molar-refractivity contribution in [1.29, 1.82) is 0 Å². The lowest BCUT2D eigenvalue weighted by Gasteiger charge is -2.05. The first-order valence-electron chi connectivity index (χ1n) is 7.41. The quantitative estimate of drug-likeness (QED) is 0.482. The number of unbranched alkanes of at least 4 members (excludes halogenated alkanes) is 1. The fourth-order valence-electron chi connectivity index (χ4n) is 1.81. The van der Waals surface area contributed by atoms with E-state index in [-0.39, 0.29) is 5.91 Å². The van der Waals surface area contributed by atoms with Gasteiger partial charge in [0.25, 0.3) is 5.91 Å². The molecule has 0 saturated heterocycles. The number of hydrogen-bond donors (Lipinski definition) is 1. The average molecular weight is 296 g/mol. The number of nitrogens with one attached hydrogen (secondary N) is 1. The molecule has 4 heteroatoms. The maximum atomic E-state index is 11.9. The van der Waals surface area contributed by atoms with Crippen LogP contribution in [0.25, 0.3) is 0 Å². The fourth-order valence-corrected chi connectivity index (χ4v) is 1.81. The van der Waals surface area contributed by atoms with Gasteiger partial charge in [-0.05, 0) is 36.2 Å². The van der Waals surface area contributed by atoms with Crippen LogP contribution in [0, 0.1) is 0 Å². The van der Waals surface area contributed by atoms with E-state index in [9.17, 15) is 4.79 Å². The lowest BCUT2D eigenvalue weighted by atomic mass is 10.2. The van der Waals surface area contributed by atoms with Crippen LogP contribution in [0.1, 0.15) is 35.7 Å². The number of benzene rings is 2. The molecule has 0 aromatic heterocycles. The van der Waals surface area contributed by atoms with E-state index < -0.39 is 0 Å². The average Bonchev–Trinajstić information content (AvgIpc) is 2.56. The van der Waals surface area contributed by atoms with E-state index in [4.69, 9.17) is 4.74 Å². The van der Waals surface area contributed by atoms with Gasteiger partial charge >= 0.3 is 0 Å². The zero-order valence-corrected chi connectivity index (χ0v) is 12.7. The smallest absolute Gasteiger partial charge is 0.271 e. The van der Waals surface area contributed by atoms with Gasteiger partial charge < -0.3 is 4.74 Å². The molecule has 0 spiro atoms. The van der Waals surface area contributed by atoms with Crippen molar-refractivity contribution in [3.05, 3.63) is 65.7 Å². The Morgan fingerprint density at radius 3 is 2.55 bits per heavy atom. The van der Waals surface area contributed by atoms with Gasteiger partial charge in [0.05, 0.1) is 12.8 Å². The molecule has 0 aliphatic heterocycles. The molecular formula is C18H20N2O2. The number of rotatable bonds is 7. The number of amides is 1. The number of ether oxygens (including phenoxy) is 1. The molecule has 0 saturated carbocycles. The molecular weight excluding hydrogens is 276 g/mol. The van der Waals surface area contributed by atoms with Crippen LogP contribution >= 0.6 is 0 Å². The minimum absolute atomic E-state index is 0.243. The highest BCUT2D eigenvalue weighted by atomic mass is 16.5. The van der Waals surface area contributed by atoms with E-state index in [0.29, 0.717) is 12.2 Å². The lowest BCUT2D eigenvalue weighted by Crippen LogP contribution is -2.17. The Bertz CT molecular complexity index is 607. The summed E-state index contributed by atoms with van der Waals surface area (Å²) in [4.78, 5) is 11.9. The Morgan fingerprint density at radius 1 is 1.14 bits per heavy atom. The van der Waals surface area contributed by atoms with Crippen LogP contribution in [0.15, 0.2) is 59.7 Å². The highest BCUT2D eigenvalue weighted by Gasteiger charge is 2.04. The maximum absolute atomic E-state index is 11.9. The Balaban J connectivity index is 1.86. The minimum atomic E-state index is -0.243. The van der Waals surface area contributed by atoms with Crippen molar-refractivity contribution in [2.24, 2.45) is 5.10 Å². The van der Waals surface area contributed by atoms with Gasteiger partial charge in [0.15, 0.2) is 0 Å². The van der Waals surface area contributed by atoms with Crippen molar-refractivity contribution in [3.8, 4) is 5.75 Å². The molecule has 4 nitrogen and oxygen atoms in total. The first kappa shape index (κ1) is 15.8. The number of nitrogens with zero attached hydrogens (tertiary/aromatic N) is 1. The number of carbonyl (C=O) groups excluding carboxylic acids is 1. The highest BCUT2D eigenvalue weighted by Crippen LogP contribution is 2.12. The standard InChI is InChI=1S/C18H20N2O2/c1-2-3-13-22-17-11-9-16(10-12-17)18(21)20-19-14-15-7-5-4-6-8-15/h4-12,14H,2-3,13H2,1H3,(H,20,21). The van der Waals surface area contributed by atoms with Crippen molar-refractivity contribution >= 4 is 12.1 Å². The molecule has 0 heterocycles. The van der Waals surface area contributed by atoms with Crippen LogP contribution in [0.4, 0.5) is 0 Å². The van der Waals surface area contributed by atoms with E-state index in [1.165, 1.54) is 0 Å². The maximum Gasteiger partial charge on any atom is 0.271 e. The molecule has 0 bridgehead atoms. The second-order valence-electron chi connectivity index (χ2n) is 4.84. The summed E-state index contributed by atoms with van der Waals surface area (Å²) >= 11 is 0. The molecule has 114 valence electrons. The van der Waals surface area contributed by atoms with E-state index in [2.05, 4.69) is 17.5 Å². The minimum Gasteiger partial charge on any atom is -0.494 e. The third-order valence-corrected chi connectivity index (χ3v) is 3.06. The second kappa shape index (κ2) is 8.62. The van der Waals surface area contributed by atoms with Crippen molar-refractivity contribution in [2.75, 3.05) is 6.61 Å². The third kappa shape index (κ3) is 5.05. The Hall–Kier alpha value is -2.62. The molecule has 1 N–H and O–H groups in total. The molecule has 22 heavy (non-hydrogen) atoms. The van der Waals surface area contributed by atoms with Crippen LogP contribution in [0.3, 0.4) is 0 Å². The summed E-state index contributed by atoms with van der Waals surface area (Å²) in [5.41, 5.74) is 3.99. The Morgan fingerprint density at radius 2 is 1.86 bits per heavy atom. The SMILES string of the molecule is CCCCOc1ccc(C(=O)NN=Cc2ccccc2)cc1. The van der Waals surface area contributed by atoms with E-state index in [1.807, 2.05) is 30.3 Å². The monoisotopic (exact) mass is 296 g/mol. The predicted octanol–water partition coefficient (Wildman–Crippen LogP) is 3.63. The van der Waals surface area contributed by atoms with Crippen LogP contribution in [-0.4, -0.2) is 18.7 Å². The Labute approximate surface area is 130 Å². The second-order valence-corrected chi connectivity index (χ2v) is 4.84. The summed E-state index contributed by atoms with van der Waals surface area (Å²) in [6, 6.07) is 16.7. The molecule has 0 radical (unpaired) electrons. The van der Waals surface area contributed by atoms with E-state index in [1.54, 1.807) is 30.5 Å². The largest absolute Gasteiger partial charge is 0.494 e. The molecule has 1 amide bonds. The van der Waals surface area contributed by atoms with Crippen LogP contribution < -0.4 is 10.2 Å². The normalized spacial score (nSPS) is 10.6. The summed E-state index contributed by atoms with van der Waals surface area (Å²) in [6.45, 7) is 2.82. The van der Waals surface area contributed by atoms with Crippen molar-refractivity contribution in [2.45, 2.75) is 19.8 Å². The topological polar surface area (TPSA) is 50.7 Å². The fraction of sp³-hybridized carbons (Fsp3) is 0.222. The van der Waals surface area contributed by atoms with Gasteiger partial charge in [-0.3, -0.25) is 4.79 Å². The molecule has 0 aliphatic carbocycles. The molecule has 2 aromatic carbocycles. The van der Waals surface area contributed by atoms with Gasteiger partial charge in [0.1, 0.15) is 5.75 Å². The number of carbonyl (C=O) groups is 1. The zero-order valence-electron chi connectivity index (χ0n) is 12.7. The van der Waals surface area contributed by atoms with Gasteiger partial charge in [-0.2, -0.15) is 5.10 Å². The van der Waals surface area contributed by atoms with Crippen LogP contribution in [0.2, 0.25) is 0 Å².